The lowest BCUT2D eigenvalue weighted by Crippen LogP contribution is -2.43. The molecule has 0 radical (unpaired) electrons. The first kappa shape index (κ1) is 38.0. The third kappa shape index (κ3) is 11.5. The molecule has 3 unspecified atom stereocenters. The first-order valence-corrected chi connectivity index (χ1v) is 16.5. The molecule has 2 aliphatic heterocycles. The van der Waals surface area contributed by atoms with Crippen molar-refractivity contribution in [3.8, 4) is 0 Å². The van der Waals surface area contributed by atoms with Gasteiger partial charge in [0.15, 0.2) is 5.76 Å². The van der Waals surface area contributed by atoms with E-state index in [4.69, 9.17) is 4.74 Å². The van der Waals surface area contributed by atoms with Crippen molar-refractivity contribution in [2.24, 2.45) is 0 Å². The lowest BCUT2D eigenvalue weighted by Gasteiger charge is -2.40. The van der Waals surface area contributed by atoms with Gasteiger partial charge in [0.25, 0.3) is 0 Å². The number of amides is 1. The monoisotopic (exact) mass is 591 g/mol. The zero-order chi connectivity index (χ0) is 32.5. The second-order valence-electron chi connectivity index (χ2n) is 11.5. The smallest absolute Gasteiger partial charge is 0.219 e. The van der Waals surface area contributed by atoms with Crippen LogP contribution in [0.5, 0.6) is 0 Å². The van der Waals surface area contributed by atoms with Crippen LogP contribution in [-0.2, 0) is 9.53 Å². The second kappa shape index (κ2) is 20.0. The average molecular weight is 592 g/mol. The molecule has 0 spiro atoms. The van der Waals surface area contributed by atoms with Crippen LogP contribution < -0.4 is 0 Å². The summed E-state index contributed by atoms with van der Waals surface area (Å²) >= 11 is 0. The highest BCUT2D eigenvalue weighted by Gasteiger charge is 2.37. The zero-order valence-corrected chi connectivity index (χ0v) is 29.3. The normalized spacial score (nSPS) is 21.8. The van der Waals surface area contributed by atoms with Gasteiger partial charge in [0.05, 0.1) is 5.70 Å². The molecule has 0 aromatic carbocycles. The van der Waals surface area contributed by atoms with Crippen LogP contribution in [0.1, 0.15) is 108 Å². The Bertz CT molecular complexity index is 1120. The van der Waals surface area contributed by atoms with Gasteiger partial charge in [-0.3, -0.25) is 9.69 Å². The highest BCUT2D eigenvalue weighted by Crippen LogP contribution is 2.39. The molecule has 0 aromatic heterocycles. The lowest BCUT2D eigenvalue weighted by molar-refractivity contribution is -0.128. The lowest BCUT2D eigenvalue weighted by atomic mass is 9.98. The number of hydrogen-bond acceptors (Lipinski definition) is 4. The Morgan fingerprint density at radius 2 is 1.79 bits per heavy atom. The van der Waals surface area contributed by atoms with E-state index >= 15 is 0 Å². The van der Waals surface area contributed by atoms with Gasteiger partial charge in [0, 0.05) is 44.7 Å². The summed E-state index contributed by atoms with van der Waals surface area (Å²) in [7, 11) is 0. The van der Waals surface area contributed by atoms with E-state index in [1.54, 1.807) is 11.8 Å². The topological polar surface area (TPSA) is 36.0 Å². The Morgan fingerprint density at radius 1 is 1.12 bits per heavy atom. The number of rotatable bonds is 9. The van der Waals surface area contributed by atoms with Gasteiger partial charge in [0.2, 0.25) is 5.91 Å². The number of hydrogen-bond donors (Lipinski definition) is 0. The van der Waals surface area contributed by atoms with Gasteiger partial charge < -0.3 is 14.5 Å². The number of nitrogens with zero attached hydrogens (tertiary/aromatic N) is 3. The molecule has 0 bridgehead atoms. The van der Waals surface area contributed by atoms with Crippen molar-refractivity contribution in [3.05, 3.63) is 88.9 Å². The average Bonchev–Trinajstić information content (AvgIpc) is 3.31. The summed E-state index contributed by atoms with van der Waals surface area (Å²) in [4.78, 5) is 17.6. The summed E-state index contributed by atoms with van der Waals surface area (Å²) in [6.07, 6.45) is 20.3. The summed E-state index contributed by atoms with van der Waals surface area (Å²) in [5.41, 5.74) is 8.24. The third-order valence-electron chi connectivity index (χ3n) is 8.25. The minimum Gasteiger partial charge on any atom is -0.453 e. The molecule has 240 valence electrons. The number of fused-ring (bicyclic) bond motifs is 1. The number of carbonyl (C=O) groups is 1. The number of likely N-dealkylation sites (tertiary alicyclic amines) is 1. The Labute approximate surface area is 264 Å². The highest BCUT2D eigenvalue weighted by molar-refractivity contribution is 5.73. The maximum absolute atomic E-state index is 10.5. The van der Waals surface area contributed by atoms with E-state index < -0.39 is 0 Å². The van der Waals surface area contributed by atoms with Gasteiger partial charge in [-0.2, -0.15) is 0 Å². The summed E-state index contributed by atoms with van der Waals surface area (Å²) in [6.45, 7) is 29.7. The maximum atomic E-state index is 10.5. The van der Waals surface area contributed by atoms with Crippen molar-refractivity contribution in [2.45, 2.75) is 126 Å². The van der Waals surface area contributed by atoms with Crippen LogP contribution in [0, 0.1) is 0 Å². The predicted molar refractivity (Wildman–Crippen MR) is 185 cm³/mol. The highest BCUT2D eigenvalue weighted by atomic mass is 16.5. The molecule has 1 amide bonds. The first-order valence-electron chi connectivity index (χ1n) is 16.5. The SMILES string of the molecule is C=C/C(C)=C\C1=C(C)N(C2CCC(C)N(CCC=C(C)C)C(CC)C2)C2=C=CC=CC=C2O1.CC.CCN(CC)C(C)=O. The summed E-state index contributed by atoms with van der Waals surface area (Å²) in [5.74, 6) is 1.94. The summed E-state index contributed by atoms with van der Waals surface area (Å²) in [5, 5.41) is 0. The fourth-order valence-corrected chi connectivity index (χ4v) is 5.82. The molecule has 0 aromatic rings. The van der Waals surface area contributed by atoms with E-state index in [1.165, 1.54) is 18.4 Å². The van der Waals surface area contributed by atoms with Crippen molar-refractivity contribution < 1.29 is 9.53 Å². The molecule has 2 heterocycles. The van der Waals surface area contributed by atoms with Gasteiger partial charge in [-0.1, -0.05) is 63.0 Å². The van der Waals surface area contributed by atoms with Gasteiger partial charge in [-0.05, 0) is 104 Å². The molecule has 3 rings (SSSR count). The third-order valence-corrected chi connectivity index (χ3v) is 8.25. The number of allylic oxidation sites excluding steroid dienone is 8. The van der Waals surface area contributed by atoms with Gasteiger partial charge in [0.1, 0.15) is 11.5 Å². The Balaban J connectivity index is 0.000000801. The van der Waals surface area contributed by atoms with E-state index in [-0.39, 0.29) is 5.91 Å². The molecular formula is C38H61N3O2. The van der Waals surface area contributed by atoms with Crippen LogP contribution in [0.15, 0.2) is 88.9 Å². The first-order chi connectivity index (χ1) is 20.6. The fourth-order valence-electron chi connectivity index (χ4n) is 5.82. The Kier molecular flexibility index (Phi) is 17.7. The molecular weight excluding hydrogens is 530 g/mol. The maximum Gasteiger partial charge on any atom is 0.219 e. The van der Waals surface area contributed by atoms with E-state index in [9.17, 15) is 4.79 Å². The minimum atomic E-state index is 0.162. The van der Waals surface area contributed by atoms with Crippen LogP contribution in [0.3, 0.4) is 0 Å². The Hall–Kier alpha value is -3.01. The molecule has 1 fully saturated rings. The minimum absolute atomic E-state index is 0.162. The Morgan fingerprint density at radius 3 is 2.33 bits per heavy atom. The fraction of sp³-hybridized carbons (Fsp3) is 0.579. The molecule has 3 atom stereocenters. The van der Waals surface area contributed by atoms with Crippen molar-refractivity contribution in [1.29, 1.82) is 0 Å². The largest absolute Gasteiger partial charge is 0.453 e. The van der Waals surface area contributed by atoms with Crippen LogP contribution in [-0.4, -0.2) is 58.4 Å². The predicted octanol–water partition coefficient (Wildman–Crippen LogP) is 9.45. The van der Waals surface area contributed by atoms with Crippen LogP contribution in [0.2, 0.25) is 0 Å². The van der Waals surface area contributed by atoms with Crippen LogP contribution in [0.25, 0.3) is 0 Å². The summed E-state index contributed by atoms with van der Waals surface area (Å²) < 4.78 is 6.37. The van der Waals surface area contributed by atoms with E-state index in [0.717, 1.165) is 67.4 Å². The number of carbonyl (C=O) groups excluding carboxylic acids is 1. The van der Waals surface area contributed by atoms with Crippen molar-refractivity contribution in [3.63, 3.8) is 0 Å². The zero-order valence-electron chi connectivity index (χ0n) is 29.3. The van der Waals surface area contributed by atoms with Gasteiger partial charge >= 0.3 is 0 Å². The van der Waals surface area contributed by atoms with Gasteiger partial charge in [-0.25, -0.2) is 0 Å². The molecule has 5 nitrogen and oxygen atoms in total. The molecule has 3 aliphatic rings. The molecule has 1 saturated heterocycles. The van der Waals surface area contributed by atoms with Crippen molar-refractivity contribution in [2.75, 3.05) is 19.6 Å². The van der Waals surface area contributed by atoms with Crippen LogP contribution in [0.4, 0.5) is 0 Å². The molecule has 1 aliphatic carbocycles. The standard InChI is InChI=1S/C30H42N2O.C6H13NO.C2H6/c1-8-23(5)20-30-25(7)32(28-15-11-10-12-16-29(28)33-30)27-18-17-24(6)31(26(9-2)21-27)19-13-14-22(3)4;1-4-7(5-2)6(3)8;1-2/h8,10-12,14,16,20,24,26-27H,1,9,13,17-19,21H2,2-7H3;4-5H2,1-3H3;1-2H3/b23-20-;;. The van der Waals surface area contributed by atoms with Crippen molar-refractivity contribution in [1.82, 2.24) is 14.7 Å². The number of ether oxygens (including phenoxy) is 1. The molecule has 43 heavy (non-hydrogen) atoms. The quantitative estimate of drug-likeness (QED) is 0.152. The molecule has 0 saturated carbocycles. The van der Waals surface area contributed by atoms with Crippen LogP contribution >= 0.6 is 0 Å². The van der Waals surface area contributed by atoms with E-state index in [2.05, 4.69) is 81.9 Å². The van der Waals surface area contributed by atoms with Gasteiger partial charge in [-0.15, -0.1) is 0 Å². The van der Waals surface area contributed by atoms with Crippen molar-refractivity contribution >= 4 is 5.91 Å². The van der Waals surface area contributed by atoms with E-state index in [1.807, 2.05) is 52.0 Å². The molecule has 5 heteroatoms. The summed E-state index contributed by atoms with van der Waals surface area (Å²) in [6, 6.07) is 1.58. The second-order valence-corrected chi connectivity index (χ2v) is 11.5. The molecule has 0 N–H and O–H groups in total. The van der Waals surface area contributed by atoms with E-state index in [0.29, 0.717) is 18.1 Å².